The van der Waals surface area contributed by atoms with Gasteiger partial charge in [-0.25, -0.2) is 0 Å². The van der Waals surface area contributed by atoms with E-state index in [-0.39, 0.29) is 0 Å². The van der Waals surface area contributed by atoms with Crippen molar-refractivity contribution in [3.8, 4) is 0 Å². The summed E-state index contributed by atoms with van der Waals surface area (Å²) < 4.78 is 27.8. The van der Waals surface area contributed by atoms with Crippen molar-refractivity contribution in [2.75, 3.05) is 6.54 Å². The van der Waals surface area contributed by atoms with Gasteiger partial charge >= 0.3 is 10.1 Å². The highest BCUT2D eigenvalue weighted by atomic mass is 32.2. The third-order valence-corrected chi connectivity index (χ3v) is 0.807. The van der Waals surface area contributed by atoms with Gasteiger partial charge in [0.15, 0.2) is 5.55 Å². The first-order chi connectivity index (χ1) is 4.06. The van der Waals surface area contributed by atoms with Gasteiger partial charge in [0, 0.05) is 6.54 Å². The summed E-state index contributed by atoms with van der Waals surface area (Å²) in [6.45, 7) is 2.27. The van der Waals surface area contributed by atoms with Crippen molar-refractivity contribution in [1.29, 1.82) is 0 Å². The van der Waals surface area contributed by atoms with Gasteiger partial charge in [-0.15, -0.1) is 0 Å². The van der Waals surface area contributed by atoms with E-state index in [1.165, 1.54) is 0 Å². The van der Waals surface area contributed by atoms with E-state index in [1.807, 2.05) is 0 Å². The molecule has 0 aliphatic rings. The van der Waals surface area contributed by atoms with E-state index < -0.39 is 10.1 Å². The van der Waals surface area contributed by atoms with Crippen molar-refractivity contribution in [3.05, 3.63) is 0 Å². The minimum absolute atomic E-state index is 0.441. The molecule has 0 atom stereocenters. The molecule has 0 saturated carbocycles. The van der Waals surface area contributed by atoms with Crippen molar-refractivity contribution in [2.24, 2.45) is 5.10 Å². The Hall–Kier alpha value is -0.620. The average Bonchev–Trinajstić information content (AvgIpc) is 1.63. The van der Waals surface area contributed by atoms with Crippen LogP contribution in [0.5, 0.6) is 0 Å². The normalized spacial score (nSPS) is 12.2. The van der Waals surface area contributed by atoms with Gasteiger partial charge in [-0.1, -0.05) is 0 Å². The minimum Gasteiger partial charge on any atom is -0.310 e. The van der Waals surface area contributed by atoms with Crippen molar-refractivity contribution in [1.82, 2.24) is 5.43 Å². The maximum absolute atomic E-state index is 9.87. The van der Waals surface area contributed by atoms with E-state index >= 15 is 0 Å². The second-order valence-electron chi connectivity index (χ2n) is 1.26. The second-order valence-corrected chi connectivity index (χ2v) is 2.50. The van der Waals surface area contributed by atoms with Crippen molar-refractivity contribution in [2.45, 2.75) is 6.92 Å². The highest BCUT2D eigenvalue weighted by Crippen LogP contribution is 1.70. The Morgan fingerprint density at radius 2 is 2.33 bits per heavy atom. The number of hydrogen-bond acceptors (Lipinski definition) is 4. The van der Waals surface area contributed by atoms with Crippen LogP contribution in [0.25, 0.3) is 0 Å². The molecule has 0 saturated heterocycles. The molecule has 0 bridgehead atoms. The molecule has 5 nitrogen and oxygen atoms in total. The standard InChI is InChI=1S/C3H8N2O3S/c1-2-4-5-3-9(6,7)8/h3-4H,2H2,1H3,(H,6,7,8). The molecule has 0 aromatic heterocycles. The Morgan fingerprint density at radius 3 is 2.67 bits per heavy atom. The van der Waals surface area contributed by atoms with E-state index in [2.05, 4.69) is 10.5 Å². The van der Waals surface area contributed by atoms with Crippen LogP contribution < -0.4 is 5.43 Å². The van der Waals surface area contributed by atoms with Crippen LogP contribution >= 0.6 is 0 Å². The van der Waals surface area contributed by atoms with Crippen LogP contribution in [-0.2, 0) is 10.1 Å². The predicted octanol–water partition coefficient (Wildman–Crippen LogP) is -0.573. The molecule has 2 N–H and O–H groups in total. The summed E-state index contributed by atoms with van der Waals surface area (Å²) in [5.41, 5.74) is 2.78. The first-order valence-corrected chi connectivity index (χ1v) is 3.80. The van der Waals surface area contributed by atoms with Gasteiger partial charge in [-0.05, 0) is 6.92 Å². The predicted molar refractivity (Wildman–Crippen MR) is 33.7 cm³/mol. The van der Waals surface area contributed by atoms with Gasteiger partial charge < -0.3 is 5.43 Å². The number of hydrazone groups is 1. The molecule has 0 aliphatic carbocycles. The zero-order valence-corrected chi connectivity index (χ0v) is 5.72. The fourth-order valence-electron chi connectivity index (χ4n) is 0.195. The van der Waals surface area contributed by atoms with Crippen LogP contribution in [0.15, 0.2) is 5.10 Å². The Kier molecular flexibility index (Phi) is 3.18. The van der Waals surface area contributed by atoms with Gasteiger partial charge in [-0.3, -0.25) is 4.55 Å². The molecule has 0 aromatic carbocycles. The summed E-state index contributed by atoms with van der Waals surface area (Å²) in [5.74, 6) is 0. The number of nitrogens with zero attached hydrogens (tertiary/aromatic N) is 1. The molecular weight excluding hydrogens is 144 g/mol. The second kappa shape index (κ2) is 3.41. The fourth-order valence-corrected chi connectivity index (χ4v) is 0.403. The summed E-state index contributed by atoms with van der Waals surface area (Å²) in [4.78, 5) is 0. The van der Waals surface area contributed by atoms with Crippen molar-refractivity contribution >= 4 is 15.7 Å². The van der Waals surface area contributed by atoms with E-state index in [1.54, 1.807) is 6.92 Å². The van der Waals surface area contributed by atoms with E-state index in [0.29, 0.717) is 12.1 Å². The van der Waals surface area contributed by atoms with Crippen LogP contribution in [0.4, 0.5) is 0 Å². The Bertz CT molecular complexity index is 183. The lowest BCUT2D eigenvalue weighted by Gasteiger charge is -1.88. The van der Waals surface area contributed by atoms with Gasteiger partial charge in [0.1, 0.15) is 0 Å². The third kappa shape index (κ3) is 7.38. The minimum atomic E-state index is -4.05. The molecule has 6 heteroatoms. The van der Waals surface area contributed by atoms with E-state index in [4.69, 9.17) is 4.55 Å². The number of rotatable bonds is 3. The molecule has 0 amide bonds. The topological polar surface area (TPSA) is 78.8 Å². The zero-order valence-electron chi connectivity index (χ0n) is 4.90. The Labute approximate surface area is 53.5 Å². The smallest absolute Gasteiger partial charge is 0.306 e. The van der Waals surface area contributed by atoms with Gasteiger partial charge in [0.2, 0.25) is 0 Å². The monoisotopic (exact) mass is 152 g/mol. The molecule has 0 rings (SSSR count). The zero-order chi connectivity index (χ0) is 7.33. The number of nitrogens with one attached hydrogen (secondary N) is 1. The molecule has 0 heterocycles. The third-order valence-electron chi connectivity index (χ3n) is 0.435. The SMILES string of the molecule is CCNN=CS(=O)(=O)O. The summed E-state index contributed by atoms with van der Waals surface area (Å²) >= 11 is 0. The van der Waals surface area contributed by atoms with Crippen LogP contribution in [0, 0.1) is 0 Å². The van der Waals surface area contributed by atoms with Crippen molar-refractivity contribution in [3.63, 3.8) is 0 Å². The molecule has 0 aromatic rings. The van der Waals surface area contributed by atoms with Gasteiger partial charge in [0.25, 0.3) is 0 Å². The summed E-state index contributed by atoms with van der Waals surface area (Å²) in [6, 6.07) is 0. The van der Waals surface area contributed by atoms with E-state index in [9.17, 15) is 8.42 Å². The highest BCUT2D eigenvalue weighted by Gasteiger charge is 1.94. The molecule has 0 unspecified atom stereocenters. The van der Waals surface area contributed by atoms with Crippen LogP contribution in [-0.4, -0.2) is 25.1 Å². The molecule has 0 spiro atoms. The first kappa shape index (κ1) is 8.38. The largest absolute Gasteiger partial charge is 0.310 e. The summed E-state index contributed by atoms with van der Waals surface area (Å²) in [6.07, 6.45) is 0. The quantitative estimate of drug-likeness (QED) is 0.245. The maximum atomic E-state index is 9.87. The average molecular weight is 152 g/mol. The lowest BCUT2D eigenvalue weighted by atomic mass is 10.8. The van der Waals surface area contributed by atoms with E-state index in [0.717, 1.165) is 0 Å². The molecule has 0 aliphatic heterocycles. The summed E-state index contributed by atoms with van der Waals surface area (Å²) in [7, 11) is -4.05. The maximum Gasteiger partial charge on any atom is 0.306 e. The van der Waals surface area contributed by atoms with Gasteiger partial charge in [-0.2, -0.15) is 13.5 Å². The Balaban J connectivity index is 3.73. The molecule has 9 heavy (non-hydrogen) atoms. The van der Waals surface area contributed by atoms with Crippen LogP contribution in [0.2, 0.25) is 0 Å². The fraction of sp³-hybridized carbons (Fsp3) is 0.667. The lowest BCUT2D eigenvalue weighted by molar-refractivity contribution is 0.499. The molecule has 0 fully saturated rings. The Morgan fingerprint density at radius 1 is 1.78 bits per heavy atom. The molecule has 54 valence electrons. The molecule has 0 radical (unpaired) electrons. The van der Waals surface area contributed by atoms with Gasteiger partial charge in [0.05, 0.1) is 0 Å². The van der Waals surface area contributed by atoms with Crippen molar-refractivity contribution < 1.29 is 13.0 Å². The highest BCUT2D eigenvalue weighted by molar-refractivity contribution is 7.99. The first-order valence-electron chi connectivity index (χ1n) is 2.29. The number of hydrogen-bond donors (Lipinski definition) is 2. The summed E-state index contributed by atoms with van der Waals surface area (Å²) in [5, 5.41) is 3.15. The van der Waals surface area contributed by atoms with Crippen LogP contribution in [0.3, 0.4) is 0 Å². The van der Waals surface area contributed by atoms with Crippen LogP contribution in [0.1, 0.15) is 6.92 Å². The lowest BCUT2D eigenvalue weighted by Crippen LogP contribution is -2.07. The molecular formula is C3H8N2O3S.